The number of aromatic hydroxyl groups is 1. The van der Waals surface area contributed by atoms with Crippen molar-refractivity contribution in [1.82, 2.24) is 0 Å². The first-order valence-corrected chi connectivity index (χ1v) is 5.27. The van der Waals surface area contributed by atoms with Gasteiger partial charge >= 0.3 is 10.4 Å². The van der Waals surface area contributed by atoms with Gasteiger partial charge in [0.15, 0.2) is 17.8 Å². The summed E-state index contributed by atoms with van der Waals surface area (Å²) in [5.74, 6) is -1.51. The second kappa shape index (κ2) is 4.37. The quantitative estimate of drug-likeness (QED) is 0.585. The second-order valence-corrected chi connectivity index (χ2v) is 3.69. The number of hydrogen-bond donors (Lipinski definition) is 2. The van der Waals surface area contributed by atoms with E-state index in [1.165, 1.54) is 19.2 Å². The topological polar surface area (TPSA) is 110 Å². The molecule has 0 spiro atoms. The number of hydrogen-bond acceptors (Lipinski definition) is 6. The molecule has 16 heavy (non-hydrogen) atoms. The molecule has 7 nitrogen and oxygen atoms in total. The van der Waals surface area contributed by atoms with E-state index in [1.807, 2.05) is 0 Å². The highest BCUT2D eigenvalue weighted by molar-refractivity contribution is 7.81. The van der Waals surface area contributed by atoms with Crippen LogP contribution in [0.1, 0.15) is 10.4 Å². The van der Waals surface area contributed by atoms with Gasteiger partial charge in [-0.15, -0.1) is 0 Å². The summed E-state index contributed by atoms with van der Waals surface area (Å²) in [7, 11) is -3.61. The van der Waals surface area contributed by atoms with Crippen LogP contribution in [0.25, 0.3) is 0 Å². The van der Waals surface area contributed by atoms with Crippen LogP contribution < -0.4 is 8.92 Å². The lowest BCUT2D eigenvalue weighted by atomic mass is 10.2. The first kappa shape index (κ1) is 12.3. The lowest BCUT2D eigenvalue weighted by Gasteiger charge is -2.10. The minimum absolute atomic E-state index is 0.138. The molecule has 0 fully saturated rings. The van der Waals surface area contributed by atoms with Crippen molar-refractivity contribution in [3.8, 4) is 17.2 Å². The highest BCUT2D eigenvalue weighted by Crippen LogP contribution is 2.39. The van der Waals surface area contributed by atoms with E-state index < -0.39 is 21.9 Å². The van der Waals surface area contributed by atoms with E-state index in [2.05, 4.69) is 4.18 Å². The lowest BCUT2D eigenvalue weighted by Crippen LogP contribution is -2.08. The van der Waals surface area contributed by atoms with Crippen LogP contribution in [0.15, 0.2) is 12.1 Å². The molecule has 0 aliphatic rings. The molecular weight excluding hydrogens is 240 g/mol. The van der Waals surface area contributed by atoms with Gasteiger partial charge in [-0.1, -0.05) is 0 Å². The molecule has 0 amide bonds. The predicted molar refractivity (Wildman–Crippen MR) is 52.2 cm³/mol. The summed E-state index contributed by atoms with van der Waals surface area (Å²) in [6.07, 6.45) is 0.297. The van der Waals surface area contributed by atoms with E-state index >= 15 is 0 Å². The normalized spacial score (nSPS) is 10.9. The van der Waals surface area contributed by atoms with Crippen molar-refractivity contribution in [3.05, 3.63) is 17.7 Å². The Bertz CT molecular complexity index is 505. The Balaban J connectivity index is 3.37. The summed E-state index contributed by atoms with van der Waals surface area (Å²) in [6, 6.07) is 2.42. The molecule has 0 bridgehead atoms. The van der Waals surface area contributed by atoms with Crippen LogP contribution in [0, 0.1) is 0 Å². The molecule has 0 radical (unpaired) electrons. The molecule has 0 aliphatic heterocycles. The summed E-state index contributed by atoms with van der Waals surface area (Å²) < 4.78 is 38.3. The number of rotatable bonds is 4. The first-order chi connectivity index (χ1) is 7.39. The minimum Gasteiger partial charge on any atom is -0.504 e. The number of methoxy groups -OCH3 is 1. The molecule has 1 aromatic carbocycles. The van der Waals surface area contributed by atoms with E-state index in [9.17, 15) is 18.3 Å². The van der Waals surface area contributed by atoms with E-state index in [4.69, 9.17) is 9.29 Å². The maximum absolute atomic E-state index is 10.5. The maximum atomic E-state index is 10.5. The van der Waals surface area contributed by atoms with Crippen molar-refractivity contribution in [2.75, 3.05) is 7.11 Å². The van der Waals surface area contributed by atoms with E-state index in [0.29, 0.717) is 6.29 Å². The van der Waals surface area contributed by atoms with Crippen molar-refractivity contribution in [3.63, 3.8) is 0 Å². The van der Waals surface area contributed by atoms with Gasteiger partial charge in [0.25, 0.3) is 0 Å². The van der Waals surface area contributed by atoms with Crippen LogP contribution in [0.2, 0.25) is 0 Å². The zero-order valence-electron chi connectivity index (χ0n) is 8.08. The molecule has 0 atom stereocenters. The van der Waals surface area contributed by atoms with Crippen molar-refractivity contribution >= 4 is 16.7 Å². The summed E-state index contributed by atoms with van der Waals surface area (Å²) >= 11 is 0. The molecule has 8 heteroatoms. The molecule has 0 saturated heterocycles. The first-order valence-electron chi connectivity index (χ1n) is 3.91. The Morgan fingerprint density at radius 1 is 1.38 bits per heavy atom. The van der Waals surface area contributed by atoms with Gasteiger partial charge in [0.2, 0.25) is 5.75 Å². The SMILES string of the molecule is COc1ccc(C=O)c(O)c1OS(=O)(=O)O. The van der Waals surface area contributed by atoms with Gasteiger partial charge in [-0.25, -0.2) is 0 Å². The highest BCUT2D eigenvalue weighted by Gasteiger charge is 2.19. The second-order valence-electron chi connectivity index (χ2n) is 2.66. The largest absolute Gasteiger partial charge is 0.504 e. The standard InChI is InChI=1S/C8H8O7S/c1-14-6-3-2-5(4-9)7(10)8(6)15-16(11,12)13/h2-4,10H,1H3,(H,11,12,13). The monoisotopic (exact) mass is 248 g/mol. The average molecular weight is 248 g/mol. The number of aldehydes is 1. The highest BCUT2D eigenvalue weighted by atomic mass is 32.3. The van der Waals surface area contributed by atoms with Crippen LogP contribution in [-0.2, 0) is 10.4 Å². The van der Waals surface area contributed by atoms with E-state index in [0.717, 1.165) is 0 Å². The molecule has 88 valence electrons. The van der Waals surface area contributed by atoms with Crippen LogP contribution >= 0.6 is 0 Å². The Hall–Kier alpha value is -1.80. The summed E-state index contributed by atoms with van der Waals surface area (Å²) in [6.45, 7) is 0. The zero-order chi connectivity index (χ0) is 12.3. The molecule has 0 saturated carbocycles. The summed E-state index contributed by atoms with van der Waals surface area (Å²) in [5.41, 5.74) is -0.195. The Morgan fingerprint density at radius 2 is 2.00 bits per heavy atom. The molecule has 2 N–H and O–H groups in total. The molecular formula is C8H8O7S. The zero-order valence-corrected chi connectivity index (χ0v) is 8.89. The molecule has 0 aliphatic carbocycles. The number of benzene rings is 1. The van der Waals surface area contributed by atoms with Crippen molar-refractivity contribution in [1.29, 1.82) is 0 Å². The third-order valence-corrected chi connectivity index (χ3v) is 2.04. The van der Waals surface area contributed by atoms with E-state index in [-0.39, 0.29) is 11.3 Å². The van der Waals surface area contributed by atoms with Crippen LogP contribution in [0.3, 0.4) is 0 Å². The fraction of sp³-hybridized carbons (Fsp3) is 0.125. The smallest absolute Gasteiger partial charge is 0.446 e. The minimum atomic E-state index is -4.81. The molecule has 0 heterocycles. The summed E-state index contributed by atoms with van der Waals surface area (Å²) in [4.78, 5) is 10.5. The molecule has 0 unspecified atom stereocenters. The van der Waals surface area contributed by atoms with Gasteiger partial charge < -0.3 is 14.0 Å². The van der Waals surface area contributed by atoms with Crippen LogP contribution in [0.5, 0.6) is 17.2 Å². The number of phenols is 1. The van der Waals surface area contributed by atoms with Gasteiger partial charge in [-0.3, -0.25) is 9.35 Å². The maximum Gasteiger partial charge on any atom is 0.446 e. The van der Waals surface area contributed by atoms with Gasteiger partial charge in [0, 0.05) is 0 Å². The predicted octanol–water partition coefficient (Wildman–Crippen LogP) is 0.395. The molecule has 1 aromatic rings. The lowest BCUT2D eigenvalue weighted by molar-refractivity contribution is 0.112. The number of carbonyl (C=O) groups excluding carboxylic acids is 1. The molecule has 0 aromatic heterocycles. The fourth-order valence-electron chi connectivity index (χ4n) is 1.01. The van der Waals surface area contributed by atoms with Gasteiger partial charge in [-0.2, -0.15) is 8.42 Å². The van der Waals surface area contributed by atoms with Gasteiger partial charge in [-0.05, 0) is 12.1 Å². The number of phenolic OH excluding ortho intramolecular Hbond substituents is 1. The van der Waals surface area contributed by atoms with Crippen molar-refractivity contribution < 1.29 is 31.8 Å². The van der Waals surface area contributed by atoms with Crippen molar-refractivity contribution in [2.24, 2.45) is 0 Å². The Kier molecular flexibility index (Phi) is 3.35. The van der Waals surface area contributed by atoms with E-state index in [1.54, 1.807) is 0 Å². The Labute approximate surface area is 91.2 Å². The van der Waals surface area contributed by atoms with Crippen LogP contribution in [-0.4, -0.2) is 31.5 Å². The van der Waals surface area contributed by atoms with Crippen molar-refractivity contribution in [2.45, 2.75) is 0 Å². The van der Waals surface area contributed by atoms with Gasteiger partial charge in [0.1, 0.15) is 0 Å². The third-order valence-electron chi connectivity index (χ3n) is 1.66. The molecule has 1 rings (SSSR count). The average Bonchev–Trinajstić information content (AvgIpc) is 2.19. The number of carbonyl (C=O) groups is 1. The fourth-order valence-corrected chi connectivity index (χ4v) is 1.38. The summed E-state index contributed by atoms with van der Waals surface area (Å²) in [5, 5.41) is 9.45. The van der Waals surface area contributed by atoms with Crippen LogP contribution in [0.4, 0.5) is 0 Å². The Morgan fingerprint density at radius 3 is 2.44 bits per heavy atom. The number of ether oxygens (including phenoxy) is 1. The van der Waals surface area contributed by atoms with Gasteiger partial charge in [0.05, 0.1) is 12.7 Å². The third kappa shape index (κ3) is 2.61.